The van der Waals surface area contributed by atoms with Crippen LogP contribution in [0.3, 0.4) is 0 Å². The fraction of sp³-hybridized carbons (Fsp3) is 0.400. The molecular formula is C20H23N3O4. The monoisotopic (exact) mass is 369 g/mol. The van der Waals surface area contributed by atoms with Gasteiger partial charge in [-0.05, 0) is 5.56 Å². The number of nitro benzene ring substituents is 1. The third-order valence-electron chi connectivity index (χ3n) is 5.09. The zero-order valence-electron chi connectivity index (χ0n) is 15.2. The van der Waals surface area contributed by atoms with Crippen LogP contribution in [-0.4, -0.2) is 47.7 Å². The quantitative estimate of drug-likeness (QED) is 0.596. The SMILES string of the molecule is O=[N+]([O-])c1cc2c(c(CN3CCN(Cc4ccccc4)CC3)c1)OCOC2. The van der Waals surface area contributed by atoms with Crippen LogP contribution in [0.15, 0.2) is 42.5 Å². The Morgan fingerprint density at radius 3 is 2.41 bits per heavy atom. The minimum Gasteiger partial charge on any atom is -0.467 e. The average molecular weight is 369 g/mol. The number of non-ortho nitro benzene ring substituents is 1. The summed E-state index contributed by atoms with van der Waals surface area (Å²) in [7, 11) is 0. The number of ether oxygens (including phenoxy) is 2. The van der Waals surface area contributed by atoms with Gasteiger partial charge in [0.2, 0.25) is 0 Å². The lowest BCUT2D eigenvalue weighted by Crippen LogP contribution is -2.45. The normalized spacial score (nSPS) is 17.9. The number of nitro groups is 1. The molecule has 2 aromatic carbocycles. The second-order valence-corrected chi connectivity index (χ2v) is 7.00. The Hall–Kier alpha value is -2.48. The summed E-state index contributed by atoms with van der Waals surface area (Å²) in [5.41, 5.74) is 3.06. The molecule has 0 aromatic heterocycles. The summed E-state index contributed by atoms with van der Waals surface area (Å²) in [5, 5.41) is 11.3. The van der Waals surface area contributed by atoms with E-state index in [1.807, 2.05) is 6.07 Å². The van der Waals surface area contributed by atoms with Crippen LogP contribution in [0.1, 0.15) is 16.7 Å². The maximum atomic E-state index is 11.3. The maximum absolute atomic E-state index is 11.3. The highest BCUT2D eigenvalue weighted by molar-refractivity contribution is 5.50. The van der Waals surface area contributed by atoms with Crippen LogP contribution in [0.25, 0.3) is 0 Å². The van der Waals surface area contributed by atoms with Gasteiger partial charge in [-0.25, -0.2) is 0 Å². The van der Waals surface area contributed by atoms with E-state index in [0.29, 0.717) is 13.2 Å². The van der Waals surface area contributed by atoms with Crippen molar-refractivity contribution < 1.29 is 14.4 Å². The first kappa shape index (κ1) is 17.9. The molecular weight excluding hydrogens is 346 g/mol. The lowest BCUT2D eigenvalue weighted by molar-refractivity contribution is -0.385. The van der Waals surface area contributed by atoms with Gasteiger partial charge in [0.05, 0.1) is 11.5 Å². The minimum absolute atomic E-state index is 0.0977. The van der Waals surface area contributed by atoms with Gasteiger partial charge in [-0.1, -0.05) is 30.3 Å². The number of rotatable bonds is 5. The van der Waals surface area contributed by atoms with Crippen molar-refractivity contribution in [3.8, 4) is 5.75 Å². The third-order valence-corrected chi connectivity index (χ3v) is 5.09. The molecule has 27 heavy (non-hydrogen) atoms. The number of benzene rings is 2. The lowest BCUT2D eigenvalue weighted by atomic mass is 10.1. The molecule has 4 rings (SSSR count). The number of hydrogen-bond acceptors (Lipinski definition) is 6. The fourth-order valence-electron chi connectivity index (χ4n) is 3.69. The molecule has 7 nitrogen and oxygen atoms in total. The van der Waals surface area contributed by atoms with Crippen molar-refractivity contribution in [1.29, 1.82) is 0 Å². The predicted octanol–water partition coefficient (Wildman–Crippen LogP) is 2.78. The van der Waals surface area contributed by atoms with E-state index in [9.17, 15) is 10.1 Å². The molecule has 0 unspecified atom stereocenters. The summed E-state index contributed by atoms with van der Waals surface area (Å²) in [6, 6.07) is 13.7. The first-order valence-electron chi connectivity index (χ1n) is 9.18. The van der Waals surface area contributed by atoms with E-state index in [1.165, 1.54) is 5.56 Å². The van der Waals surface area contributed by atoms with Crippen LogP contribution in [0.4, 0.5) is 5.69 Å². The van der Waals surface area contributed by atoms with Crippen molar-refractivity contribution in [2.45, 2.75) is 19.7 Å². The first-order valence-corrected chi connectivity index (χ1v) is 9.18. The van der Waals surface area contributed by atoms with Gasteiger partial charge in [0.25, 0.3) is 5.69 Å². The van der Waals surface area contributed by atoms with Crippen molar-refractivity contribution in [1.82, 2.24) is 9.80 Å². The first-order chi connectivity index (χ1) is 13.2. The Labute approximate surface area is 158 Å². The molecule has 0 bridgehead atoms. The van der Waals surface area contributed by atoms with Gasteiger partial charge in [0, 0.05) is 62.5 Å². The zero-order valence-corrected chi connectivity index (χ0v) is 15.2. The molecule has 7 heteroatoms. The molecule has 0 radical (unpaired) electrons. The molecule has 2 aromatic rings. The van der Waals surface area contributed by atoms with Crippen LogP contribution >= 0.6 is 0 Å². The van der Waals surface area contributed by atoms with Gasteiger partial charge < -0.3 is 9.47 Å². The molecule has 0 saturated carbocycles. The molecule has 0 N–H and O–H groups in total. The molecule has 0 amide bonds. The molecule has 0 spiro atoms. The molecule has 1 saturated heterocycles. The number of fused-ring (bicyclic) bond motifs is 1. The van der Waals surface area contributed by atoms with Gasteiger partial charge in [-0.2, -0.15) is 0 Å². The Kier molecular flexibility index (Phi) is 5.33. The summed E-state index contributed by atoms with van der Waals surface area (Å²) in [5.74, 6) is 0.749. The van der Waals surface area contributed by atoms with Crippen molar-refractivity contribution in [3.63, 3.8) is 0 Å². The molecule has 2 heterocycles. The summed E-state index contributed by atoms with van der Waals surface area (Å²) in [6.07, 6.45) is 0. The number of hydrogen-bond donors (Lipinski definition) is 0. The molecule has 0 aliphatic carbocycles. The third kappa shape index (κ3) is 4.27. The molecule has 2 aliphatic rings. The summed E-state index contributed by atoms with van der Waals surface area (Å²) in [6.45, 7) is 6.00. The smallest absolute Gasteiger partial charge is 0.270 e. The predicted molar refractivity (Wildman–Crippen MR) is 100 cm³/mol. The second kappa shape index (κ2) is 8.04. The van der Waals surface area contributed by atoms with E-state index in [2.05, 4.69) is 34.1 Å². The molecule has 0 atom stereocenters. The fourth-order valence-corrected chi connectivity index (χ4v) is 3.69. The van der Waals surface area contributed by atoms with Crippen LogP contribution in [0.5, 0.6) is 5.75 Å². The van der Waals surface area contributed by atoms with Gasteiger partial charge in [0.15, 0.2) is 6.79 Å². The van der Waals surface area contributed by atoms with Crippen molar-refractivity contribution in [2.24, 2.45) is 0 Å². The second-order valence-electron chi connectivity index (χ2n) is 7.00. The highest BCUT2D eigenvalue weighted by Crippen LogP contribution is 2.33. The Balaban J connectivity index is 1.41. The minimum atomic E-state index is -0.351. The van der Waals surface area contributed by atoms with Gasteiger partial charge in [-0.15, -0.1) is 0 Å². The van der Waals surface area contributed by atoms with Crippen LogP contribution in [-0.2, 0) is 24.4 Å². The maximum Gasteiger partial charge on any atom is 0.270 e. The number of nitrogens with zero attached hydrogens (tertiary/aromatic N) is 3. The Morgan fingerprint density at radius 2 is 1.70 bits per heavy atom. The zero-order chi connectivity index (χ0) is 18.6. The molecule has 2 aliphatic heterocycles. The van der Waals surface area contributed by atoms with Crippen LogP contribution in [0, 0.1) is 10.1 Å². The average Bonchev–Trinajstić information content (AvgIpc) is 2.70. The Morgan fingerprint density at radius 1 is 1.00 bits per heavy atom. The lowest BCUT2D eigenvalue weighted by Gasteiger charge is -2.35. The van der Waals surface area contributed by atoms with Crippen molar-refractivity contribution in [3.05, 3.63) is 69.3 Å². The summed E-state index contributed by atoms with van der Waals surface area (Å²) in [4.78, 5) is 15.7. The van der Waals surface area contributed by atoms with Gasteiger partial charge >= 0.3 is 0 Å². The van der Waals surface area contributed by atoms with E-state index < -0.39 is 0 Å². The summed E-state index contributed by atoms with van der Waals surface area (Å²) >= 11 is 0. The van der Waals surface area contributed by atoms with Crippen LogP contribution < -0.4 is 4.74 Å². The van der Waals surface area contributed by atoms with E-state index in [-0.39, 0.29) is 17.4 Å². The van der Waals surface area contributed by atoms with E-state index in [4.69, 9.17) is 9.47 Å². The van der Waals surface area contributed by atoms with E-state index in [1.54, 1.807) is 12.1 Å². The Bertz CT molecular complexity index is 804. The standard InChI is InChI=1S/C20H23N3O4/c24-23(25)19-10-17(20-18(11-19)14-26-15-27-20)13-22-8-6-21(7-9-22)12-16-4-2-1-3-5-16/h1-5,10-11H,6-9,12-15H2. The van der Waals surface area contributed by atoms with E-state index in [0.717, 1.165) is 49.6 Å². The molecule has 1 fully saturated rings. The van der Waals surface area contributed by atoms with Gasteiger partial charge in [-0.3, -0.25) is 19.9 Å². The summed E-state index contributed by atoms with van der Waals surface area (Å²) < 4.78 is 10.9. The topological polar surface area (TPSA) is 68.1 Å². The largest absolute Gasteiger partial charge is 0.467 e. The van der Waals surface area contributed by atoms with Gasteiger partial charge in [0.1, 0.15) is 5.75 Å². The molecule has 142 valence electrons. The van der Waals surface area contributed by atoms with Crippen LogP contribution in [0.2, 0.25) is 0 Å². The van der Waals surface area contributed by atoms with Crippen molar-refractivity contribution in [2.75, 3.05) is 33.0 Å². The highest BCUT2D eigenvalue weighted by atomic mass is 16.7. The highest BCUT2D eigenvalue weighted by Gasteiger charge is 2.24. The van der Waals surface area contributed by atoms with Crippen molar-refractivity contribution >= 4 is 5.69 Å². The van der Waals surface area contributed by atoms with E-state index >= 15 is 0 Å². The number of piperazine rings is 1.